The Balaban J connectivity index is 2.06. The first kappa shape index (κ1) is 13.7. The van der Waals surface area contributed by atoms with Crippen LogP contribution in [0.2, 0.25) is 4.34 Å². The molecule has 0 radical (unpaired) electrons. The highest BCUT2D eigenvalue weighted by Gasteiger charge is 2.30. The minimum absolute atomic E-state index is 0.114. The van der Waals surface area contributed by atoms with Gasteiger partial charge in [0.25, 0.3) is 0 Å². The molecule has 0 spiro atoms. The fourth-order valence-electron chi connectivity index (χ4n) is 2.01. The number of likely N-dealkylation sites (N-methyl/N-ethyl adjacent to an activating group) is 1. The zero-order chi connectivity index (χ0) is 13.1. The van der Waals surface area contributed by atoms with Crippen LogP contribution in [0.3, 0.4) is 0 Å². The maximum atomic E-state index is 12.1. The van der Waals surface area contributed by atoms with E-state index in [0.717, 1.165) is 18.1 Å². The molecule has 0 aliphatic carbocycles. The summed E-state index contributed by atoms with van der Waals surface area (Å²) in [5.41, 5.74) is 0. The number of nitrogens with zero attached hydrogens (tertiary/aromatic N) is 3. The van der Waals surface area contributed by atoms with Crippen molar-refractivity contribution < 1.29 is 4.79 Å². The fourth-order valence-corrected chi connectivity index (χ4v) is 2.99. The van der Waals surface area contributed by atoms with E-state index in [1.54, 1.807) is 25.2 Å². The Morgan fingerprint density at radius 2 is 2.50 bits per heavy atom. The molecule has 1 atom stereocenters. The highest BCUT2D eigenvalue weighted by atomic mass is 35.5. The molecule has 1 aromatic rings. The molecule has 1 amide bonds. The predicted molar refractivity (Wildman–Crippen MR) is 72.9 cm³/mol. The first-order chi connectivity index (χ1) is 8.58. The van der Waals surface area contributed by atoms with Gasteiger partial charge < -0.3 is 10.2 Å². The minimum Gasteiger partial charge on any atom is -0.347 e. The van der Waals surface area contributed by atoms with Crippen molar-refractivity contribution in [1.82, 2.24) is 20.1 Å². The van der Waals surface area contributed by atoms with E-state index in [2.05, 4.69) is 15.2 Å². The van der Waals surface area contributed by atoms with Crippen molar-refractivity contribution in [2.75, 3.05) is 33.7 Å². The monoisotopic (exact) mass is 288 g/mol. The summed E-state index contributed by atoms with van der Waals surface area (Å²) in [5.74, 6) is 0.129. The molecule has 18 heavy (non-hydrogen) atoms. The number of carbonyl (C=O) groups is 1. The van der Waals surface area contributed by atoms with E-state index in [4.69, 9.17) is 11.6 Å². The summed E-state index contributed by atoms with van der Waals surface area (Å²) in [5, 5.41) is 4.22. The number of rotatable bonds is 3. The van der Waals surface area contributed by atoms with Crippen LogP contribution in [-0.2, 0) is 11.3 Å². The molecule has 0 bridgehead atoms. The zero-order valence-corrected chi connectivity index (χ0v) is 12.1. The summed E-state index contributed by atoms with van der Waals surface area (Å²) in [7, 11) is 3.57. The number of carbonyl (C=O) groups excluding carboxylic acids is 1. The number of halogens is 1. The zero-order valence-electron chi connectivity index (χ0n) is 10.5. The topological polar surface area (TPSA) is 48.5 Å². The molecule has 5 nitrogen and oxygen atoms in total. The Labute approximate surface area is 116 Å². The molecular weight excluding hydrogens is 272 g/mol. The smallest absolute Gasteiger partial charge is 0.240 e. The van der Waals surface area contributed by atoms with Crippen LogP contribution >= 0.6 is 22.9 Å². The van der Waals surface area contributed by atoms with Gasteiger partial charge in [0.2, 0.25) is 5.91 Å². The molecule has 2 heterocycles. The average Bonchev–Trinajstić information content (AvgIpc) is 2.74. The molecule has 100 valence electrons. The Bertz CT molecular complexity index is 423. The summed E-state index contributed by atoms with van der Waals surface area (Å²) in [6.45, 7) is 3.12. The number of aromatic nitrogens is 1. The van der Waals surface area contributed by atoms with Crippen molar-refractivity contribution in [3.05, 3.63) is 15.5 Å². The van der Waals surface area contributed by atoms with Crippen LogP contribution in [0.15, 0.2) is 6.20 Å². The third-order valence-corrected chi connectivity index (χ3v) is 4.04. The third kappa shape index (κ3) is 3.20. The summed E-state index contributed by atoms with van der Waals surface area (Å²) < 4.78 is 0.690. The van der Waals surface area contributed by atoms with Crippen molar-refractivity contribution in [2.45, 2.75) is 12.6 Å². The number of piperazine rings is 1. The predicted octanol–water partition coefficient (Wildman–Crippen LogP) is 0.659. The summed E-state index contributed by atoms with van der Waals surface area (Å²) >= 11 is 7.35. The second kappa shape index (κ2) is 5.97. The van der Waals surface area contributed by atoms with E-state index in [1.165, 1.54) is 11.3 Å². The lowest BCUT2D eigenvalue weighted by molar-refractivity contribution is -0.135. The summed E-state index contributed by atoms with van der Waals surface area (Å²) in [4.78, 5) is 20.2. The molecule has 2 rings (SSSR count). The van der Waals surface area contributed by atoms with Crippen molar-refractivity contribution >= 4 is 28.8 Å². The number of thiazole rings is 1. The van der Waals surface area contributed by atoms with Crippen molar-refractivity contribution in [1.29, 1.82) is 0 Å². The SMILES string of the molecule is CN(C)C(=O)C1CNCCN1Cc1ncc(Cl)s1. The Kier molecular flexibility index (Phi) is 4.55. The van der Waals surface area contributed by atoms with Gasteiger partial charge in [-0.05, 0) is 0 Å². The molecule has 0 saturated carbocycles. The van der Waals surface area contributed by atoms with Gasteiger partial charge in [-0.3, -0.25) is 9.69 Å². The van der Waals surface area contributed by atoms with Crippen LogP contribution < -0.4 is 5.32 Å². The van der Waals surface area contributed by atoms with Crippen molar-refractivity contribution in [3.63, 3.8) is 0 Å². The lowest BCUT2D eigenvalue weighted by atomic mass is 10.1. The molecule has 1 aliphatic rings. The van der Waals surface area contributed by atoms with Gasteiger partial charge in [0.05, 0.1) is 12.7 Å². The molecular formula is C11H17ClN4OS. The summed E-state index contributed by atoms with van der Waals surface area (Å²) in [6.07, 6.45) is 1.66. The van der Waals surface area contributed by atoms with Gasteiger partial charge in [-0.1, -0.05) is 11.6 Å². The quantitative estimate of drug-likeness (QED) is 0.888. The summed E-state index contributed by atoms with van der Waals surface area (Å²) in [6, 6.07) is -0.114. The lowest BCUT2D eigenvalue weighted by Crippen LogP contribution is -2.57. The van der Waals surface area contributed by atoms with Gasteiger partial charge >= 0.3 is 0 Å². The maximum absolute atomic E-state index is 12.1. The molecule has 1 aromatic heterocycles. The van der Waals surface area contributed by atoms with Gasteiger partial charge in [0, 0.05) is 33.7 Å². The second-order valence-electron chi connectivity index (χ2n) is 4.48. The standard InChI is InChI=1S/C11H17ClN4OS/c1-15(2)11(17)8-5-13-3-4-16(8)7-10-14-6-9(12)18-10/h6,8,13H,3-5,7H2,1-2H3. The molecule has 1 N–H and O–H groups in total. The van der Waals surface area contributed by atoms with Gasteiger partial charge in [0.15, 0.2) is 0 Å². The number of amides is 1. The van der Waals surface area contributed by atoms with E-state index in [1.807, 2.05) is 0 Å². The van der Waals surface area contributed by atoms with Crippen LogP contribution in [0.1, 0.15) is 5.01 Å². The van der Waals surface area contributed by atoms with Gasteiger partial charge in [-0.25, -0.2) is 4.98 Å². The Morgan fingerprint density at radius 3 is 3.11 bits per heavy atom. The van der Waals surface area contributed by atoms with Crippen LogP contribution in [0.25, 0.3) is 0 Å². The normalized spacial score (nSPS) is 20.9. The second-order valence-corrected chi connectivity index (χ2v) is 6.23. The largest absolute Gasteiger partial charge is 0.347 e. The molecule has 1 aliphatic heterocycles. The fraction of sp³-hybridized carbons (Fsp3) is 0.636. The van der Waals surface area contributed by atoms with Crippen LogP contribution in [0.4, 0.5) is 0 Å². The maximum Gasteiger partial charge on any atom is 0.240 e. The molecule has 1 unspecified atom stereocenters. The Hall–Kier alpha value is -0.690. The van der Waals surface area contributed by atoms with E-state index in [0.29, 0.717) is 17.4 Å². The number of hydrogen-bond acceptors (Lipinski definition) is 5. The third-order valence-electron chi connectivity index (χ3n) is 2.94. The minimum atomic E-state index is -0.114. The molecule has 1 fully saturated rings. The van der Waals surface area contributed by atoms with E-state index in [9.17, 15) is 4.79 Å². The first-order valence-corrected chi connectivity index (χ1v) is 7.03. The number of nitrogens with one attached hydrogen (secondary N) is 1. The van der Waals surface area contributed by atoms with E-state index < -0.39 is 0 Å². The van der Waals surface area contributed by atoms with Crippen LogP contribution in [0.5, 0.6) is 0 Å². The van der Waals surface area contributed by atoms with Gasteiger partial charge in [-0.2, -0.15) is 0 Å². The van der Waals surface area contributed by atoms with Crippen LogP contribution in [0, 0.1) is 0 Å². The van der Waals surface area contributed by atoms with Crippen LogP contribution in [-0.4, -0.2) is 60.5 Å². The van der Waals surface area contributed by atoms with Gasteiger partial charge in [0.1, 0.15) is 15.4 Å². The first-order valence-electron chi connectivity index (χ1n) is 5.84. The van der Waals surface area contributed by atoms with E-state index in [-0.39, 0.29) is 11.9 Å². The van der Waals surface area contributed by atoms with Crippen molar-refractivity contribution in [3.8, 4) is 0 Å². The molecule has 0 aromatic carbocycles. The van der Waals surface area contributed by atoms with E-state index >= 15 is 0 Å². The lowest BCUT2D eigenvalue weighted by Gasteiger charge is -2.35. The highest BCUT2D eigenvalue weighted by Crippen LogP contribution is 2.21. The van der Waals surface area contributed by atoms with Crippen molar-refractivity contribution in [2.24, 2.45) is 0 Å². The highest BCUT2D eigenvalue weighted by molar-refractivity contribution is 7.15. The average molecular weight is 289 g/mol. The van der Waals surface area contributed by atoms with Gasteiger partial charge in [-0.15, -0.1) is 11.3 Å². The molecule has 7 heteroatoms. The molecule has 1 saturated heterocycles. The number of hydrogen-bond donors (Lipinski definition) is 1. The Morgan fingerprint density at radius 1 is 1.72 bits per heavy atom.